The molecule has 0 aliphatic heterocycles. The highest BCUT2D eigenvalue weighted by Crippen LogP contribution is 2.15. The van der Waals surface area contributed by atoms with Crippen LogP contribution in [-0.4, -0.2) is 12.3 Å². The van der Waals surface area contributed by atoms with Crippen LogP contribution in [0.4, 0.5) is 5.69 Å². The number of hydrogen-bond donors (Lipinski definition) is 1. The van der Waals surface area contributed by atoms with Crippen LogP contribution in [0.5, 0.6) is 0 Å². The molecule has 90 valence electrons. The lowest BCUT2D eigenvalue weighted by molar-refractivity contribution is 0.834. The van der Waals surface area contributed by atoms with Gasteiger partial charge in [0.1, 0.15) is 0 Å². The van der Waals surface area contributed by atoms with Crippen molar-refractivity contribution >= 4 is 17.4 Å². The molecule has 0 saturated heterocycles. The lowest BCUT2D eigenvalue weighted by Crippen LogP contribution is -2.00. The van der Waals surface area contributed by atoms with Crippen LogP contribution in [0.15, 0.2) is 24.3 Å². The minimum atomic E-state index is 1.08. The number of unbranched alkanes of at least 4 members (excludes halogenated alkanes) is 1. The van der Waals surface area contributed by atoms with E-state index in [9.17, 15) is 0 Å². The van der Waals surface area contributed by atoms with Crippen LogP contribution in [0.2, 0.25) is 0 Å². The zero-order chi connectivity index (χ0) is 11.6. The van der Waals surface area contributed by atoms with Gasteiger partial charge in [-0.2, -0.15) is 11.8 Å². The summed E-state index contributed by atoms with van der Waals surface area (Å²) >= 11 is 2.01. The molecular weight excluding hydrogens is 214 g/mol. The smallest absolute Gasteiger partial charge is 0.0340 e. The predicted octanol–water partition coefficient (Wildman–Crippen LogP) is 4.54. The fourth-order valence-corrected chi connectivity index (χ4v) is 2.32. The van der Waals surface area contributed by atoms with Crippen LogP contribution < -0.4 is 5.32 Å². The van der Waals surface area contributed by atoms with Crippen molar-refractivity contribution in [3.8, 4) is 0 Å². The van der Waals surface area contributed by atoms with Gasteiger partial charge in [-0.1, -0.05) is 32.4 Å². The number of rotatable bonds is 8. The molecule has 0 aliphatic rings. The molecule has 0 aromatic heterocycles. The summed E-state index contributed by atoms with van der Waals surface area (Å²) < 4.78 is 0. The third-order valence-corrected chi connectivity index (χ3v) is 3.66. The van der Waals surface area contributed by atoms with Crippen LogP contribution in [-0.2, 0) is 5.75 Å². The molecule has 2 heteroatoms. The Bertz CT molecular complexity index is 240. The van der Waals surface area contributed by atoms with Gasteiger partial charge in [0.25, 0.3) is 0 Å². The Labute approximate surface area is 104 Å². The normalized spacial score (nSPS) is 10.4. The molecule has 1 aromatic rings. The molecule has 0 atom stereocenters. The van der Waals surface area contributed by atoms with E-state index in [2.05, 4.69) is 43.4 Å². The maximum Gasteiger partial charge on any atom is 0.0340 e. The van der Waals surface area contributed by atoms with Gasteiger partial charge in [0, 0.05) is 18.0 Å². The first-order valence-corrected chi connectivity index (χ1v) is 7.42. The van der Waals surface area contributed by atoms with E-state index in [1.54, 1.807) is 0 Å². The molecule has 0 fully saturated rings. The summed E-state index contributed by atoms with van der Waals surface area (Å²) in [6.07, 6.45) is 3.76. The molecule has 1 aromatic carbocycles. The Kier molecular flexibility index (Phi) is 7.15. The molecule has 0 radical (unpaired) electrons. The first-order chi connectivity index (χ1) is 7.86. The van der Waals surface area contributed by atoms with Crippen LogP contribution in [0.25, 0.3) is 0 Å². The molecule has 0 amide bonds. The Morgan fingerprint density at radius 3 is 2.44 bits per heavy atom. The molecule has 16 heavy (non-hydrogen) atoms. The summed E-state index contributed by atoms with van der Waals surface area (Å²) in [5.41, 5.74) is 2.68. The van der Waals surface area contributed by atoms with Crippen molar-refractivity contribution in [2.24, 2.45) is 0 Å². The minimum Gasteiger partial charge on any atom is -0.385 e. The highest BCUT2D eigenvalue weighted by molar-refractivity contribution is 7.98. The summed E-state index contributed by atoms with van der Waals surface area (Å²) in [6.45, 7) is 5.53. The topological polar surface area (TPSA) is 12.0 Å². The van der Waals surface area contributed by atoms with Crippen molar-refractivity contribution in [1.29, 1.82) is 0 Å². The largest absolute Gasteiger partial charge is 0.385 e. The predicted molar refractivity (Wildman–Crippen MR) is 76.3 cm³/mol. The van der Waals surface area contributed by atoms with Gasteiger partial charge in [0.15, 0.2) is 0 Å². The number of thioether (sulfide) groups is 1. The monoisotopic (exact) mass is 237 g/mol. The van der Waals surface area contributed by atoms with Gasteiger partial charge in [-0.05, 0) is 36.3 Å². The number of benzene rings is 1. The van der Waals surface area contributed by atoms with Gasteiger partial charge in [-0.3, -0.25) is 0 Å². The SMILES string of the molecule is CCCCNc1ccc(CSCCC)cc1. The number of hydrogen-bond acceptors (Lipinski definition) is 2. The van der Waals surface area contributed by atoms with E-state index in [0.29, 0.717) is 0 Å². The zero-order valence-electron chi connectivity index (χ0n) is 10.5. The first kappa shape index (κ1) is 13.4. The fourth-order valence-electron chi connectivity index (χ4n) is 1.46. The van der Waals surface area contributed by atoms with Crippen LogP contribution in [0, 0.1) is 0 Å². The van der Waals surface area contributed by atoms with Crippen LogP contribution >= 0.6 is 11.8 Å². The fraction of sp³-hybridized carbons (Fsp3) is 0.571. The lowest BCUT2D eigenvalue weighted by Gasteiger charge is -2.06. The molecule has 0 heterocycles. The second-order valence-corrected chi connectivity index (χ2v) is 5.14. The Balaban J connectivity index is 2.30. The van der Waals surface area contributed by atoms with Gasteiger partial charge in [0.05, 0.1) is 0 Å². The Morgan fingerprint density at radius 1 is 1.06 bits per heavy atom. The van der Waals surface area contributed by atoms with E-state index >= 15 is 0 Å². The standard InChI is InChI=1S/C14H23NS/c1-3-5-10-15-14-8-6-13(7-9-14)12-16-11-4-2/h6-9,15H,3-5,10-12H2,1-2H3. The third-order valence-electron chi connectivity index (χ3n) is 2.43. The second kappa shape index (κ2) is 8.51. The van der Waals surface area contributed by atoms with Gasteiger partial charge in [-0.25, -0.2) is 0 Å². The van der Waals surface area contributed by atoms with Gasteiger partial charge in [-0.15, -0.1) is 0 Å². The Morgan fingerprint density at radius 2 is 1.81 bits per heavy atom. The molecule has 0 unspecified atom stereocenters. The van der Waals surface area contributed by atoms with Gasteiger partial charge < -0.3 is 5.32 Å². The molecule has 0 bridgehead atoms. The molecule has 0 saturated carbocycles. The summed E-state index contributed by atoms with van der Waals surface area (Å²) in [6, 6.07) is 8.85. The average molecular weight is 237 g/mol. The van der Waals surface area contributed by atoms with E-state index < -0.39 is 0 Å². The molecule has 1 N–H and O–H groups in total. The molecular formula is C14H23NS. The van der Waals surface area contributed by atoms with Crippen molar-refractivity contribution in [3.05, 3.63) is 29.8 Å². The maximum atomic E-state index is 3.43. The maximum absolute atomic E-state index is 3.43. The Hall–Kier alpha value is -0.630. The first-order valence-electron chi connectivity index (χ1n) is 6.27. The van der Waals surface area contributed by atoms with Gasteiger partial charge >= 0.3 is 0 Å². The lowest BCUT2D eigenvalue weighted by atomic mass is 10.2. The highest BCUT2D eigenvalue weighted by Gasteiger charge is 1.94. The van der Waals surface area contributed by atoms with Gasteiger partial charge in [0.2, 0.25) is 0 Å². The molecule has 0 spiro atoms. The van der Waals surface area contributed by atoms with Crippen LogP contribution in [0.1, 0.15) is 38.7 Å². The quantitative estimate of drug-likeness (QED) is 0.666. The van der Waals surface area contributed by atoms with Crippen molar-refractivity contribution in [2.75, 3.05) is 17.6 Å². The summed E-state index contributed by atoms with van der Waals surface area (Å²) in [7, 11) is 0. The molecule has 0 aliphatic carbocycles. The second-order valence-electron chi connectivity index (χ2n) is 4.03. The minimum absolute atomic E-state index is 1.08. The highest BCUT2D eigenvalue weighted by atomic mass is 32.2. The molecule has 1 rings (SSSR count). The van der Waals surface area contributed by atoms with E-state index in [4.69, 9.17) is 0 Å². The van der Waals surface area contributed by atoms with Crippen molar-refractivity contribution in [3.63, 3.8) is 0 Å². The van der Waals surface area contributed by atoms with E-state index in [0.717, 1.165) is 12.3 Å². The van der Waals surface area contributed by atoms with Crippen molar-refractivity contribution in [1.82, 2.24) is 0 Å². The number of nitrogens with one attached hydrogen (secondary N) is 1. The summed E-state index contributed by atoms with van der Waals surface area (Å²) in [5.74, 6) is 2.40. The van der Waals surface area contributed by atoms with Crippen LogP contribution in [0.3, 0.4) is 0 Å². The van der Waals surface area contributed by atoms with Crippen molar-refractivity contribution in [2.45, 2.75) is 38.9 Å². The summed E-state index contributed by atoms with van der Waals surface area (Å²) in [4.78, 5) is 0. The van der Waals surface area contributed by atoms with E-state index in [1.165, 1.54) is 36.3 Å². The molecule has 1 nitrogen and oxygen atoms in total. The number of anilines is 1. The third kappa shape index (κ3) is 5.45. The van der Waals surface area contributed by atoms with E-state index in [-0.39, 0.29) is 0 Å². The average Bonchev–Trinajstić information content (AvgIpc) is 2.32. The zero-order valence-corrected chi connectivity index (χ0v) is 11.3. The van der Waals surface area contributed by atoms with Crippen molar-refractivity contribution < 1.29 is 0 Å². The summed E-state index contributed by atoms with van der Waals surface area (Å²) in [5, 5.41) is 3.43. The van der Waals surface area contributed by atoms with E-state index in [1.807, 2.05) is 11.8 Å².